The van der Waals surface area contributed by atoms with Crippen molar-refractivity contribution in [2.24, 2.45) is 0 Å². The minimum Gasteiger partial charge on any atom is -0.482 e. The second-order valence-electron chi connectivity index (χ2n) is 8.19. The standard InChI is InChI=1S/C20H29NO7/c1-19(2,3)27-11-15(21-18(25)28-20(4,5)6)17(24)13-7-9-14(10-8-13)26-12-16(22)23/h7-10,15H,11-12H2,1-6H3,(H,21,25)(H,22,23)/t15-/m0/s1. The van der Waals surface area contributed by atoms with Gasteiger partial charge in [-0.05, 0) is 65.8 Å². The fourth-order valence-corrected chi connectivity index (χ4v) is 2.03. The van der Waals surface area contributed by atoms with E-state index in [0.29, 0.717) is 11.3 Å². The molecule has 0 bridgehead atoms. The van der Waals surface area contributed by atoms with E-state index in [0.717, 1.165) is 0 Å². The second-order valence-corrected chi connectivity index (χ2v) is 8.19. The number of nitrogens with one attached hydrogen (secondary N) is 1. The van der Waals surface area contributed by atoms with E-state index >= 15 is 0 Å². The Labute approximate surface area is 165 Å². The molecule has 1 amide bonds. The monoisotopic (exact) mass is 395 g/mol. The first-order chi connectivity index (χ1) is 12.8. The van der Waals surface area contributed by atoms with Crippen molar-refractivity contribution in [2.75, 3.05) is 13.2 Å². The summed E-state index contributed by atoms with van der Waals surface area (Å²) in [6.07, 6.45) is -0.718. The molecular formula is C20H29NO7. The van der Waals surface area contributed by atoms with Crippen molar-refractivity contribution in [3.05, 3.63) is 29.8 Å². The molecule has 156 valence electrons. The van der Waals surface area contributed by atoms with Gasteiger partial charge in [-0.2, -0.15) is 0 Å². The number of aliphatic carboxylic acids is 1. The van der Waals surface area contributed by atoms with E-state index in [-0.39, 0.29) is 12.4 Å². The van der Waals surface area contributed by atoms with E-state index in [4.69, 9.17) is 19.3 Å². The number of carboxylic acids is 1. The summed E-state index contributed by atoms with van der Waals surface area (Å²) in [6, 6.07) is 5.04. The van der Waals surface area contributed by atoms with Crippen LogP contribution in [-0.4, -0.2) is 53.4 Å². The molecule has 1 rings (SSSR count). The van der Waals surface area contributed by atoms with Gasteiger partial charge in [0.1, 0.15) is 17.4 Å². The van der Waals surface area contributed by atoms with Crippen molar-refractivity contribution < 1.29 is 33.7 Å². The normalized spacial score (nSPS) is 12.8. The molecule has 0 fully saturated rings. The number of ketones is 1. The lowest BCUT2D eigenvalue weighted by Crippen LogP contribution is -2.47. The first-order valence-electron chi connectivity index (χ1n) is 8.89. The molecule has 8 heteroatoms. The maximum absolute atomic E-state index is 12.9. The first kappa shape index (κ1) is 23.4. The average Bonchev–Trinajstić information content (AvgIpc) is 2.54. The van der Waals surface area contributed by atoms with E-state index in [1.165, 1.54) is 24.3 Å². The molecule has 0 aromatic heterocycles. The quantitative estimate of drug-likeness (QED) is 0.651. The smallest absolute Gasteiger partial charge is 0.408 e. The van der Waals surface area contributed by atoms with Gasteiger partial charge >= 0.3 is 12.1 Å². The predicted molar refractivity (Wildman–Crippen MR) is 103 cm³/mol. The van der Waals surface area contributed by atoms with Crippen LogP contribution in [-0.2, 0) is 14.3 Å². The van der Waals surface area contributed by atoms with Crippen LogP contribution < -0.4 is 10.1 Å². The molecule has 1 aromatic carbocycles. The molecule has 1 aromatic rings. The summed E-state index contributed by atoms with van der Waals surface area (Å²) < 4.78 is 15.9. The molecule has 0 aliphatic rings. The van der Waals surface area contributed by atoms with E-state index in [1.54, 1.807) is 20.8 Å². The van der Waals surface area contributed by atoms with Crippen LogP contribution in [0.25, 0.3) is 0 Å². The third kappa shape index (κ3) is 9.36. The van der Waals surface area contributed by atoms with Gasteiger partial charge in [0.2, 0.25) is 0 Å². The van der Waals surface area contributed by atoms with Gasteiger partial charge in [0.05, 0.1) is 12.2 Å². The van der Waals surface area contributed by atoms with Crippen LogP contribution in [0.1, 0.15) is 51.9 Å². The topological polar surface area (TPSA) is 111 Å². The van der Waals surface area contributed by atoms with Gasteiger partial charge < -0.3 is 24.6 Å². The Hall–Kier alpha value is -2.61. The van der Waals surface area contributed by atoms with Gasteiger partial charge in [-0.25, -0.2) is 9.59 Å². The van der Waals surface area contributed by atoms with E-state index in [2.05, 4.69) is 5.32 Å². The molecule has 0 aliphatic heterocycles. The van der Waals surface area contributed by atoms with Crippen LogP contribution >= 0.6 is 0 Å². The Bertz CT molecular complexity index is 684. The molecule has 28 heavy (non-hydrogen) atoms. The van der Waals surface area contributed by atoms with Crippen LogP contribution in [0.3, 0.4) is 0 Å². The molecule has 0 saturated heterocycles. The number of carbonyl (C=O) groups is 3. The Balaban J connectivity index is 2.90. The molecule has 0 aliphatic carbocycles. The summed E-state index contributed by atoms with van der Waals surface area (Å²) in [4.78, 5) is 35.5. The summed E-state index contributed by atoms with van der Waals surface area (Å²) in [5.74, 6) is -1.14. The lowest BCUT2D eigenvalue weighted by Gasteiger charge is -2.26. The van der Waals surface area contributed by atoms with Crippen molar-refractivity contribution in [1.29, 1.82) is 0 Å². The number of Topliss-reactive ketones (excluding diaryl/α,β-unsaturated/α-hetero) is 1. The fourth-order valence-electron chi connectivity index (χ4n) is 2.03. The first-order valence-corrected chi connectivity index (χ1v) is 8.89. The number of carboxylic acid groups (broad SMARTS) is 1. The zero-order valence-corrected chi connectivity index (χ0v) is 17.2. The highest BCUT2D eigenvalue weighted by molar-refractivity contribution is 6.01. The van der Waals surface area contributed by atoms with Crippen LogP contribution in [0, 0.1) is 0 Å². The molecule has 0 unspecified atom stereocenters. The maximum atomic E-state index is 12.9. The predicted octanol–water partition coefficient (Wildman–Crippen LogP) is 3.04. The van der Waals surface area contributed by atoms with Gasteiger partial charge in [-0.15, -0.1) is 0 Å². The number of amides is 1. The van der Waals surface area contributed by atoms with Gasteiger partial charge in [0, 0.05) is 5.56 Å². The van der Waals surface area contributed by atoms with E-state index in [9.17, 15) is 14.4 Å². The van der Waals surface area contributed by atoms with Gasteiger partial charge in [0.25, 0.3) is 0 Å². The number of benzene rings is 1. The summed E-state index contributed by atoms with van der Waals surface area (Å²) in [5.41, 5.74) is -0.879. The highest BCUT2D eigenvalue weighted by atomic mass is 16.6. The summed E-state index contributed by atoms with van der Waals surface area (Å²) in [5, 5.41) is 11.2. The molecule has 2 N–H and O–H groups in total. The highest BCUT2D eigenvalue weighted by Gasteiger charge is 2.27. The Kier molecular flexibility index (Phi) is 7.99. The maximum Gasteiger partial charge on any atom is 0.408 e. The van der Waals surface area contributed by atoms with Crippen LogP contribution in [0.2, 0.25) is 0 Å². The molecule has 0 spiro atoms. The number of ether oxygens (including phenoxy) is 3. The van der Waals surface area contributed by atoms with Gasteiger partial charge in [0.15, 0.2) is 12.4 Å². The van der Waals surface area contributed by atoms with Crippen molar-refractivity contribution >= 4 is 17.8 Å². The zero-order valence-electron chi connectivity index (χ0n) is 17.2. The fraction of sp³-hybridized carbons (Fsp3) is 0.550. The minimum atomic E-state index is -1.10. The molecule has 1 atom stereocenters. The number of rotatable bonds is 8. The number of hydrogen-bond donors (Lipinski definition) is 2. The van der Waals surface area contributed by atoms with Crippen molar-refractivity contribution in [3.8, 4) is 5.75 Å². The van der Waals surface area contributed by atoms with Crippen LogP contribution in [0.5, 0.6) is 5.75 Å². The number of alkyl carbamates (subject to hydrolysis) is 1. The number of carbonyl (C=O) groups excluding carboxylic acids is 2. The lowest BCUT2D eigenvalue weighted by molar-refractivity contribution is -0.139. The third-order valence-electron chi connectivity index (χ3n) is 3.19. The molecule has 0 radical (unpaired) electrons. The SMILES string of the molecule is CC(C)(C)OC[C@H](NC(=O)OC(C)(C)C)C(=O)c1ccc(OCC(=O)O)cc1. The Morgan fingerprint density at radius 1 is 1.00 bits per heavy atom. The lowest BCUT2D eigenvalue weighted by atomic mass is 10.0. The summed E-state index contributed by atoms with van der Waals surface area (Å²) in [6.45, 7) is 10.2. The number of hydrogen-bond acceptors (Lipinski definition) is 6. The summed E-state index contributed by atoms with van der Waals surface area (Å²) >= 11 is 0. The van der Waals surface area contributed by atoms with Crippen LogP contribution in [0.15, 0.2) is 24.3 Å². The Morgan fingerprint density at radius 3 is 2.04 bits per heavy atom. The molecular weight excluding hydrogens is 366 g/mol. The van der Waals surface area contributed by atoms with Crippen molar-refractivity contribution in [2.45, 2.75) is 58.8 Å². The largest absolute Gasteiger partial charge is 0.482 e. The van der Waals surface area contributed by atoms with Gasteiger partial charge in [-0.1, -0.05) is 0 Å². The van der Waals surface area contributed by atoms with Gasteiger partial charge in [-0.3, -0.25) is 4.79 Å². The molecule has 0 saturated carbocycles. The molecule has 8 nitrogen and oxygen atoms in total. The minimum absolute atomic E-state index is 0.0289. The van der Waals surface area contributed by atoms with Crippen LogP contribution in [0.4, 0.5) is 4.79 Å². The third-order valence-corrected chi connectivity index (χ3v) is 3.19. The van der Waals surface area contributed by atoms with E-state index < -0.39 is 35.9 Å². The Morgan fingerprint density at radius 2 is 1.57 bits per heavy atom. The highest BCUT2D eigenvalue weighted by Crippen LogP contribution is 2.16. The van der Waals surface area contributed by atoms with E-state index in [1.807, 2.05) is 20.8 Å². The second kappa shape index (κ2) is 9.54. The average molecular weight is 395 g/mol. The van der Waals surface area contributed by atoms with Crippen molar-refractivity contribution in [1.82, 2.24) is 5.32 Å². The summed E-state index contributed by atoms with van der Waals surface area (Å²) in [7, 11) is 0. The zero-order chi connectivity index (χ0) is 21.5. The molecule has 0 heterocycles. The van der Waals surface area contributed by atoms with Crippen molar-refractivity contribution in [3.63, 3.8) is 0 Å².